The fraction of sp³-hybridized carbons (Fsp3) is 0.308. The largest absolute Gasteiger partial charge is 0.483 e. The highest BCUT2D eigenvalue weighted by atomic mass is 79.9. The molecule has 0 atom stereocenters. The van der Waals surface area contributed by atoms with Crippen molar-refractivity contribution in [3.63, 3.8) is 0 Å². The number of ether oxygens (including phenoxy) is 1. The van der Waals surface area contributed by atoms with Gasteiger partial charge in [-0.05, 0) is 34.1 Å². The number of hydrogen-bond donors (Lipinski definition) is 1. The molecule has 1 aromatic carbocycles. The molecule has 0 saturated carbocycles. The second kappa shape index (κ2) is 7.33. The molecule has 0 bridgehead atoms. The fourth-order valence-electron chi connectivity index (χ4n) is 1.41. The van der Waals surface area contributed by atoms with Crippen molar-refractivity contribution in [2.45, 2.75) is 19.8 Å². The summed E-state index contributed by atoms with van der Waals surface area (Å²) in [7, 11) is 0. The molecule has 1 amide bonds. The van der Waals surface area contributed by atoms with E-state index in [1.165, 1.54) is 11.3 Å². The highest BCUT2D eigenvalue weighted by Crippen LogP contribution is 2.28. The SMILES string of the molecule is CC(C)c1nnc(NC(=O)COc2ccc(Br)cc2Br)s1. The number of anilines is 1. The number of amides is 1. The van der Waals surface area contributed by atoms with Crippen molar-refractivity contribution in [3.05, 3.63) is 32.2 Å². The number of benzene rings is 1. The Kier molecular flexibility index (Phi) is 5.72. The van der Waals surface area contributed by atoms with Crippen LogP contribution in [0.1, 0.15) is 24.8 Å². The van der Waals surface area contributed by atoms with E-state index in [0.29, 0.717) is 16.8 Å². The van der Waals surface area contributed by atoms with E-state index in [2.05, 4.69) is 47.4 Å². The Bertz CT molecular complexity index is 646. The molecule has 112 valence electrons. The molecule has 0 aliphatic heterocycles. The molecule has 1 aromatic heterocycles. The van der Waals surface area contributed by atoms with Crippen LogP contribution in [-0.2, 0) is 4.79 Å². The first kappa shape index (κ1) is 16.4. The van der Waals surface area contributed by atoms with Gasteiger partial charge in [-0.25, -0.2) is 0 Å². The molecule has 0 spiro atoms. The van der Waals surface area contributed by atoms with E-state index < -0.39 is 0 Å². The van der Waals surface area contributed by atoms with E-state index in [1.54, 1.807) is 6.07 Å². The number of carbonyl (C=O) groups is 1. The van der Waals surface area contributed by atoms with Gasteiger partial charge in [0.15, 0.2) is 6.61 Å². The van der Waals surface area contributed by atoms with Gasteiger partial charge in [-0.2, -0.15) is 0 Å². The van der Waals surface area contributed by atoms with Crippen molar-refractivity contribution in [2.75, 3.05) is 11.9 Å². The van der Waals surface area contributed by atoms with Crippen molar-refractivity contribution in [2.24, 2.45) is 0 Å². The monoisotopic (exact) mass is 433 g/mol. The van der Waals surface area contributed by atoms with Crippen LogP contribution in [0.4, 0.5) is 5.13 Å². The summed E-state index contributed by atoms with van der Waals surface area (Å²) in [6.07, 6.45) is 0. The average molecular weight is 435 g/mol. The predicted molar refractivity (Wildman–Crippen MR) is 90.0 cm³/mol. The summed E-state index contributed by atoms with van der Waals surface area (Å²) < 4.78 is 7.17. The topological polar surface area (TPSA) is 64.1 Å². The Labute approximate surface area is 143 Å². The van der Waals surface area contributed by atoms with Crippen LogP contribution < -0.4 is 10.1 Å². The van der Waals surface area contributed by atoms with Crippen LogP contribution in [0, 0.1) is 0 Å². The molecule has 0 aliphatic rings. The lowest BCUT2D eigenvalue weighted by atomic mass is 10.2. The van der Waals surface area contributed by atoms with Crippen LogP contribution in [0.5, 0.6) is 5.75 Å². The van der Waals surface area contributed by atoms with Gasteiger partial charge < -0.3 is 4.74 Å². The lowest BCUT2D eigenvalue weighted by molar-refractivity contribution is -0.118. The van der Waals surface area contributed by atoms with Gasteiger partial charge in [0, 0.05) is 10.4 Å². The lowest BCUT2D eigenvalue weighted by Crippen LogP contribution is -2.20. The van der Waals surface area contributed by atoms with E-state index in [9.17, 15) is 4.79 Å². The number of carbonyl (C=O) groups excluding carboxylic acids is 1. The normalized spacial score (nSPS) is 10.7. The third-order valence-electron chi connectivity index (χ3n) is 2.43. The maximum atomic E-state index is 11.8. The molecule has 21 heavy (non-hydrogen) atoms. The first-order valence-electron chi connectivity index (χ1n) is 6.17. The van der Waals surface area contributed by atoms with Crippen LogP contribution in [0.2, 0.25) is 0 Å². The van der Waals surface area contributed by atoms with E-state index >= 15 is 0 Å². The van der Waals surface area contributed by atoms with Gasteiger partial charge >= 0.3 is 0 Å². The van der Waals surface area contributed by atoms with Crippen molar-refractivity contribution < 1.29 is 9.53 Å². The molecule has 0 saturated heterocycles. The summed E-state index contributed by atoms with van der Waals surface area (Å²) in [5.41, 5.74) is 0. The number of halogens is 2. The van der Waals surface area contributed by atoms with Gasteiger partial charge in [-0.1, -0.05) is 41.1 Å². The number of rotatable bonds is 5. The quantitative estimate of drug-likeness (QED) is 0.765. The summed E-state index contributed by atoms with van der Waals surface area (Å²) in [6.45, 7) is 3.97. The van der Waals surface area contributed by atoms with Crippen LogP contribution in [0.3, 0.4) is 0 Å². The molecular weight excluding hydrogens is 422 g/mol. The zero-order valence-electron chi connectivity index (χ0n) is 11.4. The van der Waals surface area contributed by atoms with E-state index in [-0.39, 0.29) is 12.5 Å². The zero-order valence-corrected chi connectivity index (χ0v) is 15.4. The fourth-order valence-corrected chi connectivity index (χ4v) is 3.33. The molecule has 0 aliphatic carbocycles. The van der Waals surface area contributed by atoms with Crippen molar-refractivity contribution in [1.82, 2.24) is 10.2 Å². The van der Waals surface area contributed by atoms with Crippen LogP contribution >= 0.6 is 43.2 Å². The Morgan fingerprint density at radius 2 is 2.14 bits per heavy atom. The Hall–Kier alpha value is -0.990. The molecule has 0 unspecified atom stereocenters. The first-order valence-corrected chi connectivity index (χ1v) is 8.57. The Balaban J connectivity index is 1.89. The standard InChI is InChI=1S/C13H13Br2N3O2S/c1-7(2)12-17-18-13(21-12)16-11(19)6-20-10-4-3-8(14)5-9(10)15/h3-5,7H,6H2,1-2H3,(H,16,18,19). The van der Waals surface area contributed by atoms with Gasteiger partial charge in [0.25, 0.3) is 5.91 Å². The number of nitrogens with one attached hydrogen (secondary N) is 1. The molecule has 8 heteroatoms. The minimum atomic E-state index is -0.267. The number of aromatic nitrogens is 2. The second-order valence-corrected chi connectivity index (χ2v) is 7.29. The van der Waals surface area contributed by atoms with E-state index in [4.69, 9.17) is 4.74 Å². The minimum absolute atomic E-state index is 0.0865. The minimum Gasteiger partial charge on any atom is -0.483 e. The molecule has 2 rings (SSSR count). The zero-order chi connectivity index (χ0) is 15.4. The molecule has 1 heterocycles. The van der Waals surface area contributed by atoms with Crippen LogP contribution in [0.15, 0.2) is 27.1 Å². The van der Waals surface area contributed by atoms with Crippen LogP contribution in [-0.4, -0.2) is 22.7 Å². The van der Waals surface area contributed by atoms with Gasteiger partial charge in [0.05, 0.1) is 4.47 Å². The predicted octanol–water partition coefficient (Wildman–Crippen LogP) is 4.20. The summed E-state index contributed by atoms with van der Waals surface area (Å²) in [4.78, 5) is 11.8. The van der Waals surface area contributed by atoms with Crippen molar-refractivity contribution in [3.8, 4) is 5.75 Å². The summed E-state index contributed by atoms with van der Waals surface area (Å²) in [5.74, 6) is 0.632. The molecule has 0 radical (unpaired) electrons. The maximum Gasteiger partial charge on any atom is 0.264 e. The lowest BCUT2D eigenvalue weighted by Gasteiger charge is -2.07. The molecule has 2 aromatic rings. The van der Waals surface area contributed by atoms with E-state index in [1.807, 2.05) is 26.0 Å². The van der Waals surface area contributed by atoms with Crippen molar-refractivity contribution >= 4 is 54.2 Å². The molecule has 0 fully saturated rings. The van der Waals surface area contributed by atoms with Gasteiger partial charge in [0.2, 0.25) is 5.13 Å². The molecule has 1 N–H and O–H groups in total. The first-order chi connectivity index (χ1) is 9.95. The second-order valence-electron chi connectivity index (χ2n) is 4.51. The smallest absolute Gasteiger partial charge is 0.264 e. The number of nitrogens with zero attached hydrogens (tertiary/aromatic N) is 2. The highest BCUT2D eigenvalue weighted by Gasteiger charge is 2.11. The maximum absolute atomic E-state index is 11.8. The molecular formula is C13H13Br2N3O2S. The average Bonchev–Trinajstić information content (AvgIpc) is 2.86. The van der Waals surface area contributed by atoms with Crippen molar-refractivity contribution in [1.29, 1.82) is 0 Å². The van der Waals surface area contributed by atoms with E-state index in [0.717, 1.165) is 14.0 Å². The third kappa shape index (κ3) is 4.76. The highest BCUT2D eigenvalue weighted by molar-refractivity contribution is 9.11. The Morgan fingerprint density at radius 1 is 1.38 bits per heavy atom. The van der Waals surface area contributed by atoms with Gasteiger partial charge in [-0.15, -0.1) is 10.2 Å². The van der Waals surface area contributed by atoms with Gasteiger partial charge in [0.1, 0.15) is 10.8 Å². The molecule has 5 nitrogen and oxygen atoms in total. The summed E-state index contributed by atoms with van der Waals surface area (Å²) in [5, 5.41) is 12.0. The van der Waals surface area contributed by atoms with Crippen LogP contribution in [0.25, 0.3) is 0 Å². The summed E-state index contributed by atoms with van der Waals surface area (Å²) in [6, 6.07) is 5.48. The summed E-state index contributed by atoms with van der Waals surface area (Å²) >= 11 is 8.10. The Morgan fingerprint density at radius 3 is 2.76 bits per heavy atom. The number of hydrogen-bond acceptors (Lipinski definition) is 5. The third-order valence-corrected chi connectivity index (χ3v) is 4.69. The van der Waals surface area contributed by atoms with Gasteiger partial charge in [-0.3, -0.25) is 10.1 Å².